The highest BCUT2D eigenvalue weighted by atomic mass is 16.5. The van der Waals surface area contributed by atoms with Crippen LogP contribution in [0.25, 0.3) is 0 Å². The number of hydrogen-bond acceptors (Lipinski definition) is 6. The standard InChI is InChI=1S/C10H19N5O/c1-11-3-4-12-9-7-10(15-8-14-9)13-5-6-16-2/h7-8,11H,3-6H2,1-2H3,(H2,12,13,14,15). The lowest BCUT2D eigenvalue weighted by molar-refractivity contribution is 0.210. The molecule has 0 bridgehead atoms. The van der Waals surface area contributed by atoms with Crippen LogP contribution in [-0.4, -0.2) is 50.4 Å². The van der Waals surface area contributed by atoms with E-state index < -0.39 is 0 Å². The van der Waals surface area contributed by atoms with Crippen LogP contribution in [0.3, 0.4) is 0 Å². The maximum atomic E-state index is 4.94. The third kappa shape index (κ3) is 4.90. The van der Waals surface area contributed by atoms with Gasteiger partial charge in [0.05, 0.1) is 6.61 Å². The van der Waals surface area contributed by atoms with E-state index in [1.165, 1.54) is 6.33 Å². The predicted molar refractivity (Wildman–Crippen MR) is 64.8 cm³/mol. The average Bonchev–Trinajstić information content (AvgIpc) is 2.30. The van der Waals surface area contributed by atoms with Crippen molar-refractivity contribution in [2.24, 2.45) is 0 Å². The topological polar surface area (TPSA) is 71.1 Å². The molecule has 0 radical (unpaired) electrons. The number of hydrogen-bond donors (Lipinski definition) is 3. The van der Waals surface area contributed by atoms with Crippen LogP contribution in [0.4, 0.5) is 11.6 Å². The Kier molecular flexibility index (Phi) is 6.20. The SMILES string of the molecule is CNCCNc1cc(NCCOC)ncn1. The lowest BCUT2D eigenvalue weighted by Crippen LogP contribution is -2.18. The highest BCUT2D eigenvalue weighted by molar-refractivity contribution is 5.46. The molecule has 0 saturated carbocycles. The van der Waals surface area contributed by atoms with Gasteiger partial charge in [0.25, 0.3) is 0 Å². The molecular formula is C10H19N5O. The Morgan fingerprint density at radius 1 is 1.12 bits per heavy atom. The van der Waals surface area contributed by atoms with E-state index >= 15 is 0 Å². The molecule has 3 N–H and O–H groups in total. The Morgan fingerprint density at radius 2 is 1.81 bits per heavy atom. The van der Waals surface area contributed by atoms with Gasteiger partial charge in [-0.3, -0.25) is 0 Å². The highest BCUT2D eigenvalue weighted by Gasteiger charge is 1.97. The fraction of sp³-hybridized carbons (Fsp3) is 0.600. The molecule has 1 aromatic heterocycles. The van der Waals surface area contributed by atoms with E-state index in [0.29, 0.717) is 6.61 Å². The van der Waals surface area contributed by atoms with Crippen molar-refractivity contribution in [3.05, 3.63) is 12.4 Å². The van der Waals surface area contributed by atoms with E-state index in [2.05, 4.69) is 25.9 Å². The summed E-state index contributed by atoms with van der Waals surface area (Å²) in [6.07, 6.45) is 1.54. The summed E-state index contributed by atoms with van der Waals surface area (Å²) in [5.41, 5.74) is 0. The zero-order valence-corrected chi connectivity index (χ0v) is 9.79. The third-order valence-electron chi connectivity index (χ3n) is 1.96. The molecule has 0 atom stereocenters. The number of nitrogens with zero attached hydrogens (tertiary/aromatic N) is 2. The van der Waals surface area contributed by atoms with E-state index in [0.717, 1.165) is 31.3 Å². The zero-order valence-electron chi connectivity index (χ0n) is 9.79. The molecule has 90 valence electrons. The zero-order chi connectivity index (χ0) is 11.6. The van der Waals surface area contributed by atoms with E-state index in [9.17, 15) is 0 Å². The Balaban J connectivity index is 2.37. The Bertz CT molecular complexity index is 269. The van der Waals surface area contributed by atoms with Crippen molar-refractivity contribution < 1.29 is 4.74 Å². The minimum absolute atomic E-state index is 0.659. The normalized spacial score (nSPS) is 10.1. The van der Waals surface area contributed by atoms with Crippen molar-refractivity contribution in [1.82, 2.24) is 15.3 Å². The van der Waals surface area contributed by atoms with Crippen LogP contribution in [0.15, 0.2) is 12.4 Å². The Morgan fingerprint density at radius 3 is 2.44 bits per heavy atom. The van der Waals surface area contributed by atoms with E-state index in [4.69, 9.17) is 4.74 Å². The monoisotopic (exact) mass is 225 g/mol. The summed E-state index contributed by atoms with van der Waals surface area (Å²) in [6, 6.07) is 1.88. The van der Waals surface area contributed by atoms with Crippen LogP contribution in [0.2, 0.25) is 0 Å². The first kappa shape index (κ1) is 12.7. The van der Waals surface area contributed by atoms with E-state index in [1.807, 2.05) is 13.1 Å². The Hall–Kier alpha value is -1.40. The summed E-state index contributed by atoms with van der Waals surface area (Å²) in [5.74, 6) is 1.63. The third-order valence-corrected chi connectivity index (χ3v) is 1.96. The summed E-state index contributed by atoms with van der Waals surface area (Å²) < 4.78 is 4.94. The van der Waals surface area contributed by atoms with Crippen molar-refractivity contribution in [3.8, 4) is 0 Å². The maximum absolute atomic E-state index is 4.94. The first-order valence-electron chi connectivity index (χ1n) is 5.30. The maximum Gasteiger partial charge on any atom is 0.131 e. The molecule has 0 aliphatic carbocycles. The number of anilines is 2. The van der Waals surface area contributed by atoms with Crippen molar-refractivity contribution in [3.63, 3.8) is 0 Å². The van der Waals surface area contributed by atoms with Gasteiger partial charge in [0, 0.05) is 32.8 Å². The molecule has 16 heavy (non-hydrogen) atoms. The van der Waals surface area contributed by atoms with Crippen LogP contribution in [0.1, 0.15) is 0 Å². The highest BCUT2D eigenvalue weighted by Crippen LogP contribution is 2.07. The quantitative estimate of drug-likeness (QED) is 0.548. The van der Waals surface area contributed by atoms with Crippen LogP contribution in [-0.2, 0) is 4.74 Å². The lowest BCUT2D eigenvalue weighted by atomic mass is 10.5. The number of aromatic nitrogens is 2. The molecule has 0 saturated heterocycles. The van der Waals surface area contributed by atoms with Gasteiger partial charge in [0.1, 0.15) is 18.0 Å². The molecule has 0 unspecified atom stereocenters. The second-order valence-electron chi connectivity index (χ2n) is 3.24. The fourth-order valence-corrected chi connectivity index (χ4v) is 1.15. The van der Waals surface area contributed by atoms with Gasteiger partial charge >= 0.3 is 0 Å². The van der Waals surface area contributed by atoms with Gasteiger partial charge in [-0.2, -0.15) is 0 Å². The predicted octanol–water partition coefficient (Wildman–Crippen LogP) is 0.166. The molecule has 0 spiro atoms. The summed E-state index contributed by atoms with van der Waals surface area (Å²) in [6.45, 7) is 3.14. The largest absolute Gasteiger partial charge is 0.383 e. The summed E-state index contributed by atoms with van der Waals surface area (Å²) >= 11 is 0. The van der Waals surface area contributed by atoms with Crippen LogP contribution >= 0.6 is 0 Å². The summed E-state index contributed by atoms with van der Waals surface area (Å²) in [5, 5.41) is 9.39. The second kappa shape index (κ2) is 7.84. The molecule has 1 aromatic rings. The second-order valence-corrected chi connectivity index (χ2v) is 3.24. The van der Waals surface area contributed by atoms with Gasteiger partial charge in [-0.05, 0) is 7.05 Å². The minimum atomic E-state index is 0.659. The average molecular weight is 225 g/mol. The molecule has 0 amide bonds. The number of rotatable bonds is 8. The molecule has 0 aliphatic rings. The van der Waals surface area contributed by atoms with Gasteiger partial charge in [0.15, 0.2) is 0 Å². The van der Waals surface area contributed by atoms with Gasteiger partial charge < -0.3 is 20.7 Å². The summed E-state index contributed by atoms with van der Waals surface area (Å²) in [7, 11) is 3.59. The molecule has 1 rings (SSSR count). The van der Waals surface area contributed by atoms with Gasteiger partial charge in [0.2, 0.25) is 0 Å². The van der Waals surface area contributed by atoms with Gasteiger partial charge in [-0.1, -0.05) is 0 Å². The molecule has 1 heterocycles. The van der Waals surface area contributed by atoms with Crippen molar-refractivity contribution >= 4 is 11.6 Å². The molecule has 0 fully saturated rings. The van der Waals surface area contributed by atoms with Crippen LogP contribution in [0.5, 0.6) is 0 Å². The molecule has 6 heteroatoms. The summed E-state index contributed by atoms with van der Waals surface area (Å²) in [4.78, 5) is 8.22. The van der Waals surface area contributed by atoms with Gasteiger partial charge in [-0.15, -0.1) is 0 Å². The van der Waals surface area contributed by atoms with Crippen LogP contribution < -0.4 is 16.0 Å². The number of likely N-dealkylation sites (N-methyl/N-ethyl adjacent to an activating group) is 1. The number of methoxy groups -OCH3 is 1. The van der Waals surface area contributed by atoms with Crippen molar-refractivity contribution in [2.75, 3.05) is 51.0 Å². The molecule has 0 aliphatic heterocycles. The minimum Gasteiger partial charge on any atom is -0.383 e. The van der Waals surface area contributed by atoms with Crippen molar-refractivity contribution in [2.45, 2.75) is 0 Å². The smallest absolute Gasteiger partial charge is 0.131 e. The number of nitrogens with one attached hydrogen (secondary N) is 3. The number of ether oxygens (including phenoxy) is 1. The Labute approximate surface area is 95.8 Å². The molecule has 0 aromatic carbocycles. The molecule has 6 nitrogen and oxygen atoms in total. The van der Waals surface area contributed by atoms with Crippen molar-refractivity contribution in [1.29, 1.82) is 0 Å². The lowest BCUT2D eigenvalue weighted by Gasteiger charge is -2.07. The first-order valence-corrected chi connectivity index (χ1v) is 5.30. The van der Waals surface area contributed by atoms with Gasteiger partial charge in [-0.25, -0.2) is 9.97 Å². The first-order chi connectivity index (χ1) is 7.86. The molecular weight excluding hydrogens is 206 g/mol. The fourth-order valence-electron chi connectivity index (χ4n) is 1.15. The van der Waals surface area contributed by atoms with Crippen LogP contribution in [0, 0.1) is 0 Å². The van der Waals surface area contributed by atoms with E-state index in [-0.39, 0.29) is 0 Å². The van der Waals surface area contributed by atoms with E-state index in [1.54, 1.807) is 7.11 Å².